The maximum Gasteiger partial charge on any atom is 0 e. The second kappa shape index (κ2) is 4.13. The molecule has 0 N–H and O–H groups in total. The van der Waals surface area contributed by atoms with E-state index in [2.05, 4.69) is 25.8 Å². The SMILES string of the molecule is CCCN(C)CC.[2H][2H]. The van der Waals surface area contributed by atoms with Gasteiger partial charge in [-0.05, 0) is 26.6 Å². The van der Waals surface area contributed by atoms with Gasteiger partial charge in [-0.25, -0.2) is 0 Å². The van der Waals surface area contributed by atoms with Crippen LogP contribution in [0.2, 0.25) is 0 Å². The zero-order valence-corrected chi connectivity index (χ0v) is 5.57. The average Bonchev–Trinajstić information content (AvgIpc) is 1.93. The predicted molar refractivity (Wildman–Crippen MR) is 35.6 cm³/mol. The first-order valence-electron chi connectivity index (χ1n) is 3.99. The molecule has 0 unspecified atom stereocenters. The number of hydrogen-bond donors (Lipinski definition) is 0. The van der Waals surface area contributed by atoms with Crippen LogP contribution in [0.5, 0.6) is 0 Å². The lowest BCUT2D eigenvalue weighted by Gasteiger charge is -2.10. The van der Waals surface area contributed by atoms with E-state index in [4.69, 9.17) is 2.97 Å². The molecule has 0 rings (SSSR count). The van der Waals surface area contributed by atoms with Gasteiger partial charge in [0.2, 0.25) is 0 Å². The Hall–Kier alpha value is -0.0400. The van der Waals surface area contributed by atoms with Crippen LogP contribution in [-0.2, 0) is 0 Å². The first kappa shape index (κ1) is 5.10. The van der Waals surface area contributed by atoms with Crippen LogP contribution in [-0.4, -0.2) is 25.0 Å². The fourth-order valence-corrected chi connectivity index (χ4v) is 0.540. The minimum absolute atomic E-state index is 1.17. The second-order valence-corrected chi connectivity index (χ2v) is 1.90. The molecule has 0 aromatic rings. The molecule has 0 heterocycles. The largest absolute Gasteiger partial charge is 0.307 e. The van der Waals surface area contributed by atoms with Crippen LogP contribution in [0.4, 0.5) is 0 Å². The van der Waals surface area contributed by atoms with Crippen LogP contribution in [0.15, 0.2) is 0 Å². The van der Waals surface area contributed by atoms with Gasteiger partial charge < -0.3 is 4.90 Å². The van der Waals surface area contributed by atoms with Crippen molar-refractivity contribution in [3.05, 3.63) is 0 Å². The molecule has 1 heteroatoms. The quantitative estimate of drug-likeness (QED) is 0.527. The van der Waals surface area contributed by atoms with E-state index >= 15 is 0 Å². The summed E-state index contributed by atoms with van der Waals surface area (Å²) in [7, 11) is 2.14. The lowest BCUT2D eigenvalue weighted by atomic mass is 10.4. The first-order valence-corrected chi connectivity index (χ1v) is 2.99. The van der Waals surface area contributed by atoms with E-state index in [0.717, 1.165) is 0 Å². The highest BCUT2D eigenvalue weighted by molar-refractivity contribution is 4.41. The minimum Gasteiger partial charge on any atom is -0.307 e. The highest BCUT2D eigenvalue weighted by Crippen LogP contribution is 1.81. The van der Waals surface area contributed by atoms with Crippen molar-refractivity contribution < 1.29 is 2.97 Å². The lowest BCUT2D eigenvalue weighted by Crippen LogP contribution is -2.17. The second-order valence-electron chi connectivity index (χ2n) is 1.90. The molecule has 1 nitrogen and oxygen atoms in total. The van der Waals surface area contributed by atoms with Crippen LogP contribution >= 0.6 is 0 Å². The molecule has 0 amide bonds. The smallest absolute Gasteiger partial charge is 0 e. The first-order chi connectivity index (χ1) is 4.31. The van der Waals surface area contributed by atoms with Gasteiger partial charge in [0.25, 0.3) is 0 Å². The molecule has 0 aliphatic carbocycles. The third-order valence-corrected chi connectivity index (χ3v) is 1.15. The molecule has 0 aromatic heterocycles. The zero-order valence-electron chi connectivity index (χ0n) is 7.57. The van der Waals surface area contributed by atoms with Crippen LogP contribution in [0.1, 0.15) is 23.2 Å². The van der Waals surface area contributed by atoms with E-state index in [1.807, 2.05) is 0 Å². The summed E-state index contributed by atoms with van der Waals surface area (Å²) in [6.45, 7) is 6.78. The number of hydrogen-bond acceptors (Lipinski definition) is 1. The Morgan fingerprint density at radius 2 is 2.14 bits per heavy atom. The normalized spacial score (nSPS) is 11.4. The van der Waals surface area contributed by atoms with Crippen molar-refractivity contribution in [3.8, 4) is 0 Å². The van der Waals surface area contributed by atoms with Crippen molar-refractivity contribution in [1.82, 2.24) is 4.90 Å². The van der Waals surface area contributed by atoms with Gasteiger partial charge in [0.1, 0.15) is 0 Å². The molecule has 0 aliphatic rings. The summed E-state index contributed by atoms with van der Waals surface area (Å²) in [6, 6.07) is 0. The molecule has 0 fully saturated rings. The van der Waals surface area contributed by atoms with Gasteiger partial charge >= 0.3 is 0 Å². The maximum atomic E-state index is 5.00. The van der Waals surface area contributed by atoms with E-state index in [1.54, 1.807) is 0 Å². The summed E-state index contributed by atoms with van der Waals surface area (Å²) < 4.78 is 10.0. The molecular formula is C6H17N. The van der Waals surface area contributed by atoms with Crippen molar-refractivity contribution >= 4 is 0 Å². The number of rotatable bonds is 3. The summed E-state index contributed by atoms with van der Waals surface area (Å²) in [4.78, 5) is 2.31. The van der Waals surface area contributed by atoms with Gasteiger partial charge in [-0.3, -0.25) is 0 Å². The molecule has 0 atom stereocenters. The topological polar surface area (TPSA) is 3.24 Å². The molecule has 0 radical (unpaired) electrons. The van der Waals surface area contributed by atoms with Crippen LogP contribution in [0.25, 0.3) is 0 Å². The number of nitrogens with zero attached hydrogens (tertiary/aromatic N) is 1. The molecule has 7 heavy (non-hydrogen) atoms. The Kier molecular flexibility index (Phi) is 3.01. The van der Waals surface area contributed by atoms with E-state index in [-0.39, 0.29) is 0 Å². The third-order valence-electron chi connectivity index (χ3n) is 1.15. The summed E-state index contributed by atoms with van der Waals surface area (Å²) in [5.74, 6) is 0. The van der Waals surface area contributed by atoms with Crippen LogP contribution < -0.4 is 0 Å². The maximum absolute atomic E-state index is 5.00. The van der Waals surface area contributed by atoms with Gasteiger partial charge in [0, 0.05) is 2.97 Å². The van der Waals surface area contributed by atoms with E-state index in [9.17, 15) is 0 Å². The summed E-state index contributed by atoms with van der Waals surface area (Å²) >= 11 is 0. The standard InChI is InChI=1S/C6H15N.H2/c1-4-6-7(3)5-2;/h4-6H2,1-3H3;1H/i;1+1D. The van der Waals surface area contributed by atoms with Crippen LogP contribution in [0, 0.1) is 0 Å². The van der Waals surface area contributed by atoms with E-state index in [0.29, 0.717) is 0 Å². The Bertz CT molecular complexity index is 42.0. The van der Waals surface area contributed by atoms with Gasteiger partial charge in [-0.1, -0.05) is 13.8 Å². The van der Waals surface area contributed by atoms with Gasteiger partial charge in [-0.15, -0.1) is 0 Å². The van der Waals surface area contributed by atoms with E-state index < -0.39 is 0 Å². The fourth-order valence-electron chi connectivity index (χ4n) is 0.540. The summed E-state index contributed by atoms with van der Waals surface area (Å²) in [5.41, 5.74) is 0. The van der Waals surface area contributed by atoms with Crippen molar-refractivity contribution in [1.29, 1.82) is 0 Å². The zero-order chi connectivity index (χ0) is 7.70. The molecule has 46 valence electrons. The lowest BCUT2D eigenvalue weighted by molar-refractivity contribution is 0.353. The molecule has 0 saturated carbocycles. The Labute approximate surface area is 49.4 Å². The van der Waals surface area contributed by atoms with Gasteiger partial charge in [-0.2, -0.15) is 0 Å². The van der Waals surface area contributed by atoms with Gasteiger partial charge in [0.05, 0.1) is 0 Å². The Morgan fingerprint density at radius 3 is 2.29 bits per heavy atom. The summed E-state index contributed by atoms with van der Waals surface area (Å²) in [6.07, 6.45) is 1.27. The molecule has 0 saturated heterocycles. The Balaban J connectivity index is 0. The van der Waals surface area contributed by atoms with Crippen LogP contribution in [0.3, 0.4) is 0 Å². The highest BCUT2D eigenvalue weighted by Gasteiger charge is 1.86. The Morgan fingerprint density at radius 1 is 1.57 bits per heavy atom. The molecule has 0 spiro atoms. The molecule has 0 aromatic carbocycles. The monoisotopic (exact) mass is 105 g/mol. The molecule has 0 aliphatic heterocycles. The fraction of sp³-hybridized carbons (Fsp3) is 1.00. The van der Waals surface area contributed by atoms with Crippen molar-refractivity contribution in [2.24, 2.45) is 0 Å². The highest BCUT2D eigenvalue weighted by atomic mass is 15.1. The molecule has 0 bridgehead atoms. The van der Waals surface area contributed by atoms with Crippen molar-refractivity contribution in [3.63, 3.8) is 0 Å². The molecular weight excluding hydrogens is 86.1 g/mol. The summed E-state index contributed by atoms with van der Waals surface area (Å²) in [5, 5.41) is 0. The predicted octanol–water partition coefficient (Wildman–Crippen LogP) is 1.59. The van der Waals surface area contributed by atoms with Gasteiger partial charge in [0.15, 0.2) is 0 Å². The van der Waals surface area contributed by atoms with Crippen molar-refractivity contribution in [2.75, 3.05) is 20.1 Å². The van der Waals surface area contributed by atoms with E-state index in [1.165, 1.54) is 19.5 Å². The minimum atomic E-state index is 1.17. The average molecular weight is 105 g/mol. The van der Waals surface area contributed by atoms with Crippen molar-refractivity contribution in [2.45, 2.75) is 20.3 Å². The third kappa shape index (κ3) is 3.80.